The maximum Gasteiger partial charge on any atom is 0.276 e. The summed E-state index contributed by atoms with van der Waals surface area (Å²) in [4.78, 5) is 27.2. The Balaban J connectivity index is 1.32. The van der Waals surface area contributed by atoms with E-state index in [4.69, 9.17) is 9.47 Å². The molecule has 9 nitrogen and oxygen atoms in total. The molecule has 0 saturated carbocycles. The number of carbonyl (C=O) groups is 2. The first kappa shape index (κ1) is 22.4. The molecule has 1 aromatic carbocycles. The van der Waals surface area contributed by atoms with Gasteiger partial charge in [0.25, 0.3) is 5.91 Å². The molecule has 1 aromatic heterocycles. The van der Waals surface area contributed by atoms with Crippen LogP contribution in [0.3, 0.4) is 0 Å². The molecular formula is C23H31N5O4. The lowest BCUT2D eigenvalue weighted by Crippen LogP contribution is -2.43. The van der Waals surface area contributed by atoms with E-state index in [1.54, 1.807) is 16.7 Å². The van der Waals surface area contributed by atoms with Crippen molar-refractivity contribution in [2.45, 2.75) is 45.4 Å². The van der Waals surface area contributed by atoms with E-state index in [1.807, 2.05) is 0 Å². The number of hydrogen-bond donors (Lipinski definition) is 1. The van der Waals surface area contributed by atoms with Gasteiger partial charge in [-0.05, 0) is 31.7 Å². The SMILES string of the molecule is COCCCNC(=O)C1CCN(C(=O)c2nnn3c2COC(c2ccc(C)cc2)C3)CC1. The Bertz CT molecular complexity index is 934. The molecule has 4 rings (SSSR count). The van der Waals surface area contributed by atoms with Crippen LogP contribution in [0.5, 0.6) is 0 Å². The van der Waals surface area contributed by atoms with Crippen LogP contribution in [0, 0.1) is 12.8 Å². The van der Waals surface area contributed by atoms with Crippen molar-refractivity contribution in [3.05, 3.63) is 46.8 Å². The van der Waals surface area contributed by atoms with E-state index < -0.39 is 0 Å². The highest BCUT2D eigenvalue weighted by Crippen LogP contribution is 2.28. The molecule has 0 bridgehead atoms. The van der Waals surface area contributed by atoms with Gasteiger partial charge in [0, 0.05) is 39.3 Å². The first-order valence-electron chi connectivity index (χ1n) is 11.2. The van der Waals surface area contributed by atoms with E-state index in [1.165, 1.54) is 5.56 Å². The first-order chi connectivity index (χ1) is 15.6. The lowest BCUT2D eigenvalue weighted by Gasteiger charge is -2.31. The number of fused-ring (bicyclic) bond motifs is 1. The van der Waals surface area contributed by atoms with Gasteiger partial charge in [-0.2, -0.15) is 0 Å². The van der Waals surface area contributed by atoms with Gasteiger partial charge in [-0.25, -0.2) is 4.68 Å². The zero-order valence-electron chi connectivity index (χ0n) is 18.7. The third kappa shape index (κ3) is 4.99. The molecule has 3 heterocycles. The van der Waals surface area contributed by atoms with Gasteiger partial charge in [-0.3, -0.25) is 9.59 Å². The van der Waals surface area contributed by atoms with E-state index in [-0.39, 0.29) is 23.8 Å². The zero-order chi connectivity index (χ0) is 22.5. The second-order valence-corrected chi connectivity index (χ2v) is 8.48. The molecule has 1 saturated heterocycles. The third-order valence-electron chi connectivity index (χ3n) is 6.23. The number of hydrogen-bond acceptors (Lipinski definition) is 6. The summed E-state index contributed by atoms with van der Waals surface area (Å²) in [6.07, 6.45) is 1.99. The van der Waals surface area contributed by atoms with Crippen LogP contribution < -0.4 is 5.32 Å². The molecule has 0 spiro atoms. The normalized spacial score (nSPS) is 18.9. The van der Waals surface area contributed by atoms with Crippen molar-refractivity contribution in [2.24, 2.45) is 5.92 Å². The smallest absolute Gasteiger partial charge is 0.276 e. The number of nitrogens with zero attached hydrogens (tertiary/aromatic N) is 4. The largest absolute Gasteiger partial charge is 0.385 e. The van der Waals surface area contributed by atoms with Gasteiger partial charge < -0.3 is 19.7 Å². The number of amides is 2. The van der Waals surface area contributed by atoms with E-state index in [2.05, 4.69) is 46.8 Å². The summed E-state index contributed by atoms with van der Waals surface area (Å²) in [6.45, 7) is 5.20. The second-order valence-electron chi connectivity index (χ2n) is 8.48. The highest BCUT2D eigenvalue weighted by Gasteiger charge is 2.33. The fourth-order valence-corrected chi connectivity index (χ4v) is 4.23. The monoisotopic (exact) mass is 441 g/mol. The Kier molecular flexibility index (Phi) is 7.16. The molecule has 1 unspecified atom stereocenters. The number of benzene rings is 1. The number of nitrogens with one attached hydrogen (secondary N) is 1. The summed E-state index contributed by atoms with van der Waals surface area (Å²) < 4.78 is 12.8. The third-order valence-corrected chi connectivity index (χ3v) is 6.23. The summed E-state index contributed by atoms with van der Waals surface area (Å²) in [5, 5.41) is 11.4. The number of piperidine rings is 1. The quantitative estimate of drug-likeness (QED) is 0.659. The average molecular weight is 442 g/mol. The van der Waals surface area contributed by atoms with Crippen LogP contribution in [-0.4, -0.2) is 65.1 Å². The maximum absolute atomic E-state index is 13.1. The molecule has 32 heavy (non-hydrogen) atoms. The summed E-state index contributed by atoms with van der Waals surface area (Å²) >= 11 is 0. The summed E-state index contributed by atoms with van der Waals surface area (Å²) in [6, 6.07) is 8.25. The summed E-state index contributed by atoms with van der Waals surface area (Å²) in [5.41, 5.74) is 3.37. The number of aromatic nitrogens is 3. The van der Waals surface area contributed by atoms with Gasteiger partial charge in [-0.15, -0.1) is 5.10 Å². The van der Waals surface area contributed by atoms with Gasteiger partial charge in [0.15, 0.2) is 5.69 Å². The Labute approximate surface area is 188 Å². The average Bonchev–Trinajstić information content (AvgIpc) is 3.25. The molecule has 2 aromatic rings. The van der Waals surface area contributed by atoms with Crippen LogP contribution in [-0.2, 0) is 27.4 Å². The number of aryl methyl sites for hydroxylation is 1. The van der Waals surface area contributed by atoms with Crippen LogP contribution >= 0.6 is 0 Å². The van der Waals surface area contributed by atoms with E-state index in [0.29, 0.717) is 57.9 Å². The molecule has 172 valence electrons. The second kappa shape index (κ2) is 10.2. The molecule has 2 aliphatic heterocycles. The number of likely N-dealkylation sites (tertiary alicyclic amines) is 1. The first-order valence-corrected chi connectivity index (χ1v) is 11.2. The van der Waals surface area contributed by atoms with Crippen LogP contribution in [0.15, 0.2) is 24.3 Å². The topological polar surface area (TPSA) is 98.6 Å². The van der Waals surface area contributed by atoms with Crippen LogP contribution in [0.25, 0.3) is 0 Å². The van der Waals surface area contributed by atoms with Crippen molar-refractivity contribution in [3.63, 3.8) is 0 Å². The zero-order valence-corrected chi connectivity index (χ0v) is 18.7. The number of methoxy groups -OCH3 is 1. The highest BCUT2D eigenvalue weighted by molar-refractivity contribution is 5.93. The van der Waals surface area contributed by atoms with Crippen LogP contribution in [0.1, 0.15) is 52.7 Å². The Morgan fingerprint density at radius 3 is 2.69 bits per heavy atom. The lowest BCUT2D eigenvalue weighted by molar-refractivity contribution is -0.126. The van der Waals surface area contributed by atoms with Crippen molar-refractivity contribution >= 4 is 11.8 Å². The standard InChI is InChI=1S/C23H31N5O4/c1-16-4-6-17(7-5-16)20-14-28-19(15-32-20)21(25-26-28)23(30)27-11-8-18(9-12-27)22(29)24-10-3-13-31-2/h4-7,18,20H,3,8-15H2,1-2H3,(H,24,29). The Hall–Kier alpha value is -2.78. The summed E-state index contributed by atoms with van der Waals surface area (Å²) in [5.74, 6) is -0.137. The molecule has 2 aliphatic rings. The van der Waals surface area contributed by atoms with Gasteiger partial charge in [0.1, 0.15) is 6.10 Å². The fourth-order valence-electron chi connectivity index (χ4n) is 4.23. The Morgan fingerprint density at radius 2 is 1.97 bits per heavy atom. The molecule has 1 fully saturated rings. The van der Waals surface area contributed by atoms with Crippen molar-refractivity contribution < 1.29 is 19.1 Å². The van der Waals surface area contributed by atoms with E-state index >= 15 is 0 Å². The molecule has 0 aliphatic carbocycles. The van der Waals surface area contributed by atoms with Gasteiger partial charge in [-0.1, -0.05) is 35.0 Å². The van der Waals surface area contributed by atoms with E-state index in [9.17, 15) is 9.59 Å². The maximum atomic E-state index is 13.1. The number of rotatable bonds is 7. The van der Waals surface area contributed by atoms with Gasteiger partial charge >= 0.3 is 0 Å². The molecular weight excluding hydrogens is 410 g/mol. The van der Waals surface area contributed by atoms with Gasteiger partial charge in [0.05, 0.1) is 18.8 Å². The molecule has 2 amide bonds. The fraction of sp³-hybridized carbons (Fsp3) is 0.565. The van der Waals surface area contributed by atoms with Crippen molar-refractivity contribution in [1.82, 2.24) is 25.2 Å². The van der Waals surface area contributed by atoms with Crippen molar-refractivity contribution in [2.75, 3.05) is 33.4 Å². The van der Waals surface area contributed by atoms with Crippen molar-refractivity contribution in [1.29, 1.82) is 0 Å². The molecule has 9 heteroatoms. The predicted molar refractivity (Wildman–Crippen MR) is 117 cm³/mol. The van der Waals surface area contributed by atoms with Crippen LogP contribution in [0.4, 0.5) is 0 Å². The highest BCUT2D eigenvalue weighted by atomic mass is 16.5. The van der Waals surface area contributed by atoms with E-state index in [0.717, 1.165) is 17.7 Å². The number of carbonyl (C=O) groups excluding carboxylic acids is 2. The lowest BCUT2D eigenvalue weighted by atomic mass is 9.95. The van der Waals surface area contributed by atoms with Gasteiger partial charge in [0.2, 0.25) is 5.91 Å². The summed E-state index contributed by atoms with van der Waals surface area (Å²) in [7, 11) is 1.65. The predicted octanol–water partition coefficient (Wildman–Crippen LogP) is 1.86. The minimum Gasteiger partial charge on any atom is -0.385 e. The molecule has 1 atom stereocenters. The van der Waals surface area contributed by atoms with Crippen molar-refractivity contribution in [3.8, 4) is 0 Å². The van der Waals surface area contributed by atoms with Crippen LogP contribution in [0.2, 0.25) is 0 Å². The molecule has 0 radical (unpaired) electrons. The molecule has 1 N–H and O–H groups in total. The Morgan fingerprint density at radius 1 is 1.22 bits per heavy atom. The minimum atomic E-state index is -0.136. The number of ether oxygens (including phenoxy) is 2. The minimum absolute atomic E-state index is 0.0600.